The van der Waals surface area contributed by atoms with E-state index in [1.165, 1.54) is 96.1 Å². The fourth-order valence-electron chi connectivity index (χ4n) is 4.70. The Morgan fingerprint density at radius 2 is 1.37 bits per heavy atom. The van der Waals surface area contributed by atoms with Crippen LogP contribution in [0.25, 0.3) is 0 Å². The fourth-order valence-corrected chi connectivity index (χ4v) is 4.70. The Hall–Kier alpha value is -1.48. The highest BCUT2D eigenvalue weighted by Gasteiger charge is 2.43. The number of nitrogens with zero attached hydrogens (tertiary/aromatic N) is 2. The van der Waals surface area contributed by atoms with Crippen LogP contribution in [0.15, 0.2) is 17.1 Å². The molecule has 1 aromatic heterocycles. The SMILES string of the molecule is CCCCCCCCCCCCCCCCCCNc1ccn([C@H]2O[C@@H](CO)[C@@H](O)[C@H]2O)c(=O)n1. The molecule has 1 fully saturated rings. The molecular formula is C27H49N3O5. The molecule has 0 spiro atoms. The van der Waals surface area contributed by atoms with Crippen LogP contribution in [0.1, 0.15) is 116 Å². The molecule has 4 N–H and O–H groups in total. The molecule has 0 amide bonds. The summed E-state index contributed by atoms with van der Waals surface area (Å²) in [5.41, 5.74) is -0.572. The summed E-state index contributed by atoms with van der Waals surface area (Å²) in [5.74, 6) is 0.485. The maximum Gasteiger partial charge on any atom is 0.351 e. The van der Waals surface area contributed by atoms with Crippen molar-refractivity contribution in [3.63, 3.8) is 0 Å². The molecule has 0 unspecified atom stereocenters. The number of rotatable bonds is 20. The summed E-state index contributed by atoms with van der Waals surface area (Å²) < 4.78 is 6.53. The van der Waals surface area contributed by atoms with Gasteiger partial charge in [-0.25, -0.2) is 4.79 Å². The Balaban J connectivity index is 1.46. The normalized spacial score (nSPS) is 22.1. The van der Waals surface area contributed by atoms with Crippen molar-refractivity contribution < 1.29 is 20.1 Å². The van der Waals surface area contributed by atoms with Gasteiger partial charge in [-0.2, -0.15) is 4.98 Å². The number of anilines is 1. The monoisotopic (exact) mass is 495 g/mol. The predicted molar refractivity (Wildman–Crippen MR) is 140 cm³/mol. The number of unbranched alkanes of at least 4 members (excludes halogenated alkanes) is 15. The Labute approximate surface area is 211 Å². The molecule has 1 aromatic rings. The van der Waals surface area contributed by atoms with Gasteiger partial charge in [-0.05, 0) is 12.5 Å². The summed E-state index contributed by atoms with van der Waals surface area (Å²) in [5, 5.41) is 32.3. The van der Waals surface area contributed by atoms with Crippen LogP contribution in [0, 0.1) is 0 Å². The minimum atomic E-state index is -1.30. The number of aliphatic hydroxyl groups excluding tert-OH is 3. The molecular weight excluding hydrogens is 446 g/mol. The largest absolute Gasteiger partial charge is 0.394 e. The molecule has 35 heavy (non-hydrogen) atoms. The highest BCUT2D eigenvalue weighted by molar-refractivity contribution is 5.31. The Morgan fingerprint density at radius 1 is 0.857 bits per heavy atom. The van der Waals surface area contributed by atoms with E-state index in [4.69, 9.17) is 4.74 Å². The van der Waals surface area contributed by atoms with Crippen LogP contribution in [0.2, 0.25) is 0 Å². The van der Waals surface area contributed by atoms with Gasteiger partial charge in [-0.15, -0.1) is 0 Å². The third kappa shape index (κ3) is 11.0. The summed E-state index contributed by atoms with van der Waals surface area (Å²) in [6, 6.07) is 1.66. The van der Waals surface area contributed by atoms with Crippen molar-refractivity contribution in [1.29, 1.82) is 0 Å². The second-order valence-electron chi connectivity index (χ2n) is 9.96. The van der Waals surface area contributed by atoms with Gasteiger partial charge in [0.1, 0.15) is 24.1 Å². The van der Waals surface area contributed by atoms with Crippen LogP contribution < -0.4 is 11.0 Å². The topological polar surface area (TPSA) is 117 Å². The van der Waals surface area contributed by atoms with Crippen molar-refractivity contribution in [2.24, 2.45) is 0 Å². The first-order valence-electron chi connectivity index (χ1n) is 14.0. The van der Waals surface area contributed by atoms with Crippen LogP contribution in [0.4, 0.5) is 5.82 Å². The number of aliphatic hydroxyl groups is 3. The smallest absolute Gasteiger partial charge is 0.351 e. The van der Waals surface area contributed by atoms with Crippen molar-refractivity contribution in [2.75, 3.05) is 18.5 Å². The quantitative estimate of drug-likeness (QED) is 0.196. The Kier molecular flexibility index (Phi) is 15.2. The van der Waals surface area contributed by atoms with Crippen molar-refractivity contribution in [3.05, 3.63) is 22.7 Å². The first-order chi connectivity index (χ1) is 17.1. The lowest BCUT2D eigenvalue weighted by atomic mass is 10.0. The van der Waals surface area contributed by atoms with E-state index in [0.717, 1.165) is 24.0 Å². The van der Waals surface area contributed by atoms with Crippen molar-refractivity contribution in [2.45, 2.75) is 134 Å². The Morgan fingerprint density at radius 3 is 1.83 bits per heavy atom. The third-order valence-electron chi connectivity index (χ3n) is 6.96. The molecule has 1 saturated heterocycles. The van der Waals surface area contributed by atoms with Crippen LogP contribution in [0.3, 0.4) is 0 Å². The van der Waals surface area contributed by atoms with Gasteiger partial charge >= 0.3 is 5.69 Å². The van der Waals surface area contributed by atoms with Crippen molar-refractivity contribution >= 4 is 5.82 Å². The average Bonchev–Trinajstić information content (AvgIpc) is 3.14. The zero-order valence-electron chi connectivity index (χ0n) is 21.7. The van der Waals surface area contributed by atoms with E-state index in [1.807, 2.05) is 0 Å². The molecule has 0 aliphatic carbocycles. The second kappa shape index (κ2) is 17.9. The minimum absolute atomic E-state index is 0.435. The number of nitrogens with one attached hydrogen (secondary N) is 1. The van der Waals surface area contributed by atoms with Crippen LogP contribution in [0.5, 0.6) is 0 Å². The minimum Gasteiger partial charge on any atom is -0.394 e. The third-order valence-corrected chi connectivity index (χ3v) is 6.96. The zero-order chi connectivity index (χ0) is 25.3. The first-order valence-corrected chi connectivity index (χ1v) is 14.0. The predicted octanol–water partition coefficient (Wildman–Crippen LogP) is 4.53. The maximum absolute atomic E-state index is 12.3. The maximum atomic E-state index is 12.3. The van der Waals surface area contributed by atoms with Gasteiger partial charge in [-0.3, -0.25) is 4.57 Å². The van der Waals surface area contributed by atoms with Crippen LogP contribution in [-0.4, -0.2) is 56.3 Å². The van der Waals surface area contributed by atoms with Crippen LogP contribution in [-0.2, 0) is 4.74 Å². The molecule has 1 aliphatic rings. The average molecular weight is 496 g/mol. The van der Waals surface area contributed by atoms with Gasteiger partial charge in [0.2, 0.25) is 0 Å². The number of aromatic nitrogens is 2. The standard InChI is InChI=1S/C27H49N3O5/c1-2-3-4-5-6-7-8-9-10-11-12-13-14-15-16-17-19-28-23-18-20-30(27(34)29-23)26-25(33)24(32)22(21-31)35-26/h18,20,22,24-26,31-33H,2-17,19,21H2,1H3,(H,28,29,34)/t22-,24+,25+,26-/m0/s1. The molecule has 0 saturated carbocycles. The summed E-state index contributed by atoms with van der Waals surface area (Å²) >= 11 is 0. The van der Waals surface area contributed by atoms with Gasteiger partial charge in [0.05, 0.1) is 6.61 Å². The molecule has 0 bridgehead atoms. The lowest BCUT2D eigenvalue weighted by Crippen LogP contribution is -2.36. The number of ether oxygens (including phenoxy) is 1. The number of hydrogen-bond donors (Lipinski definition) is 4. The second-order valence-corrected chi connectivity index (χ2v) is 9.96. The first kappa shape index (κ1) is 29.7. The molecule has 8 heteroatoms. The summed E-state index contributed by atoms with van der Waals surface area (Å²) in [6.07, 6.45) is 18.3. The summed E-state index contributed by atoms with van der Waals surface area (Å²) in [7, 11) is 0. The van der Waals surface area contributed by atoms with Gasteiger partial charge in [-0.1, -0.05) is 103 Å². The molecule has 2 heterocycles. The van der Waals surface area contributed by atoms with Crippen molar-refractivity contribution in [1.82, 2.24) is 9.55 Å². The molecule has 202 valence electrons. The summed E-state index contributed by atoms with van der Waals surface area (Å²) in [6.45, 7) is 2.59. The van der Waals surface area contributed by atoms with Crippen LogP contribution >= 0.6 is 0 Å². The van der Waals surface area contributed by atoms with Gasteiger partial charge < -0.3 is 25.4 Å². The molecule has 1 aliphatic heterocycles. The summed E-state index contributed by atoms with van der Waals surface area (Å²) in [4.78, 5) is 16.3. The van der Waals surface area contributed by atoms with E-state index >= 15 is 0 Å². The number of hydrogen-bond acceptors (Lipinski definition) is 7. The van der Waals surface area contributed by atoms with E-state index in [-0.39, 0.29) is 0 Å². The molecule has 4 atom stereocenters. The Bertz CT molecular complexity index is 729. The highest BCUT2D eigenvalue weighted by atomic mass is 16.6. The van der Waals surface area contributed by atoms with E-state index in [1.54, 1.807) is 6.07 Å². The van der Waals surface area contributed by atoms with Gasteiger partial charge in [0.15, 0.2) is 6.23 Å². The van der Waals surface area contributed by atoms with Gasteiger partial charge in [0.25, 0.3) is 0 Å². The fraction of sp³-hybridized carbons (Fsp3) is 0.852. The van der Waals surface area contributed by atoms with E-state index in [2.05, 4.69) is 17.2 Å². The van der Waals surface area contributed by atoms with Gasteiger partial charge in [0, 0.05) is 12.7 Å². The molecule has 2 rings (SSSR count). The van der Waals surface area contributed by atoms with E-state index in [0.29, 0.717) is 5.82 Å². The van der Waals surface area contributed by atoms with Crippen molar-refractivity contribution in [3.8, 4) is 0 Å². The highest BCUT2D eigenvalue weighted by Crippen LogP contribution is 2.28. The van der Waals surface area contributed by atoms with E-state index < -0.39 is 36.8 Å². The lowest BCUT2D eigenvalue weighted by Gasteiger charge is -2.17. The molecule has 0 radical (unpaired) electrons. The lowest BCUT2D eigenvalue weighted by molar-refractivity contribution is -0.0549. The van der Waals surface area contributed by atoms with E-state index in [9.17, 15) is 20.1 Å². The molecule has 8 nitrogen and oxygen atoms in total. The zero-order valence-corrected chi connectivity index (χ0v) is 21.7. The molecule has 0 aromatic carbocycles.